The van der Waals surface area contributed by atoms with Crippen LogP contribution in [-0.4, -0.2) is 69.8 Å². The topological polar surface area (TPSA) is 137 Å². The van der Waals surface area contributed by atoms with Gasteiger partial charge in [-0.25, -0.2) is 9.78 Å². The lowest BCUT2D eigenvalue weighted by atomic mass is 10.2. The molecular weight excluding hydrogens is 368 g/mol. The van der Waals surface area contributed by atoms with E-state index in [1.807, 2.05) is 11.8 Å². The summed E-state index contributed by atoms with van der Waals surface area (Å²) in [5.74, 6) is -0.124. The highest BCUT2D eigenvalue weighted by molar-refractivity contribution is 5.94. The van der Waals surface area contributed by atoms with Crippen molar-refractivity contribution in [1.82, 2.24) is 15.0 Å². The normalized spacial score (nSPS) is 13.9. The zero-order valence-electron chi connectivity index (χ0n) is 15.7. The van der Waals surface area contributed by atoms with Crippen LogP contribution in [0.4, 0.5) is 5.82 Å². The number of anilines is 1. The first kappa shape index (κ1) is 20.9. The van der Waals surface area contributed by atoms with E-state index in [0.717, 1.165) is 12.1 Å². The summed E-state index contributed by atoms with van der Waals surface area (Å²) in [6, 6.07) is 4.88. The predicted molar refractivity (Wildman–Crippen MR) is 98.6 cm³/mol. The third-order valence-electron chi connectivity index (χ3n) is 4.17. The second-order valence-corrected chi connectivity index (χ2v) is 6.19. The van der Waals surface area contributed by atoms with Crippen LogP contribution in [0.15, 0.2) is 22.7 Å². The Balaban J connectivity index is 0.000000878. The minimum absolute atomic E-state index is 0.172. The van der Waals surface area contributed by atoms with Crippen LogP contribution in [0.2, 0.25) is 0 Å². The first-order chi connectivity index (χ1) is 13.4. The van der Waals surface area contributed by atoms with Crippen molar-refractivity contribution in [2.24, 2.45) is 0 Å². The maximum atomic E-state index is 12.5. The Morgan fingerprint density at radius 3 is 2.50 bits per heavy atom. The standard InChI is InChI=1S/C17H20N4O4.CH2O2/c1-11-4-5-13(17(23)24)15(18-11)20-6-3-7-21(9-8-20)16(22)14-10-12(2)25-19-14;2-1-3/h4-5,10H,3,6-9H2,1-2H3,(H,23,24);1H,(H,2,3). The van der Waals surface area contributed by atoms with Gasteiger partial charge in [-0.1, -0.05) is 5.16 Å². The summed E-state index contributed by atoms with van der Waals surface area (Å²) in [6.45, 7) is 5.52. The third kappa shape index (κ3) is 5.06. The highest BCUT2D eigenvalue weighted by atomic mass is 16.5. The summed E-state index contributed by atoms with van der Waals surface area (Å²) in [5, 5.41) is 20.1. The van der Waals surface area contributed by atoms with Gasteiger partial charge in [-0.15, -0.1) is 0 Å². The number of rotatable bonds is 3. The van der Waals surface area contributed by atoms with Crippen molar-refractivity contribution >= 4 is 24.2 Å². The first-order valence-electron chi connectivity index (χ1n) is 8.63. The van der Waals surface area contributed by atoms with Crippen LogP contribution in [0.1, 0.15) is 38.7 Å². The molecule has 1 aliphatic heterocycles. The van der Waals surface area contributed by atoms with Crippen LogP contribution in [0.25, 0.3) is 0 Å². The molecule has 0 spiro atoms. The Morgan fingerprint density at radius 2 is 1.89 bits per heavy atom. The highest BCUT2D eigenvalue weighted by Gasteiger charge is 2.25. The van der Waals surface area contributed by atoms with Crippen molar-refractivity contribution < 1.29 is 29.1 Å². The highest BCUT2D eigenvalue weighted by Crippen LogP contribution is 2.21. The maximum absolute atomic E-state index is 12.5. The van der Waals surface area contributed by atoms with E-state index in [2.05, 4.69) is 10.1 Å². The summed E-state index contributed by atoms with van der Waals surface area (Å²) < 4.78 is 4.97. The molecule has 0 bridgehead atoms. The van der Waals surface area contributed by atoms with Gasteiger partial charge in [0.05, 0.1) is 0 Å². The predicted octanol–water partition coefficient (Wildman–Crippen LogP) is 1.44. The lowest BCUT2D eigenvalue weighted by Gasteiger charge is -2.24. The minimum atomic E-state index is -1.00. The summed E-state index contributed by atoms with van der Waals surface area (Å²) >= 11 is 0. The van der Waals surface area contributed by atoms with Crippen LogP contribution in [0.5, 0.6) is 0 Å². The van der Waals surface area contributed by atoms with Crippen LogP contribution in [-0.2, 0) is 4.79 Å². The SMILES string of the molecule is Cc1ccc(C(=O)O)c(N2CCCN(C(=O)c3cc(C)on3)CC2)n1.O=CO. The number of nitrogens with zero attached hydrogens (tertiary/aromatic N) is 4. The number of aromatic nitrogens is 2. The second-order valence-electron chi connectivity index (χ2n) is 6.19. The van der Waals surface area contributed by atoms with Crippen LogP contribution < -0.4 is 4.90 Å². The zero-order chi connectivity index (χ0) is 20.7. The molecule has 28 heavy (non-hydrogen) atoms. The van der Waals surface area contributed by atoms with Gasteiger partial charge in [-0.2, -0.15) is 0 Å². The smallest absolute Gasteiger partial charge is 0.339 e. The average molecular weight is 390 g/mol. The molecule has 3 rings (SSSR count). The summed E-state index contributed by atoms with van der Waals surface area (Å²) in [7, 11) is 0. The molecular formula is C18H22N4O6. The molecule has 1 amide bonds. The minimum Gasteiger partial charge on any atom is -0.483 e. The van der Waals surface area contributed by atoms with Gasteiger partial charge in [0.2, 0.25) is 0 Å². The van der Waals surface area contributed by atoms with Gasteiger partial charge in [0.25, 0.3) is 12.4 Å². The molecule has 0 saturated carbocycles. The molecule has 10 heteroatoms. The molecule has 150 valence electrons. The largest absolute Gasteiger partial charge is 0.483 e. The molecule has 2 N–H and O–H groups in total. The number of pyridine rings is 1. The van der Waals surface area contributed by atoms with E-state index in [4.69, 9.17) is 14.4 Å². The Labute approximate surface area is 161 Å². The number of carbonyl (C=O) groups is 3. The number of hydrogen-bond acceptors (Lipinski definition) is 7. The van der Waals surface area contributed by atoms with E-state index >= 15 is 0 Å². The van der Waals surface area contributed by atoms with Gasteiger partial charge in [-0.3, -0.25) is 9.59 Å². The number of aryl methyl sites for hydroxylation is 2. The van der Waals surface area contributed by atoms with E-state index in [1.54, 1.807) is 30.0 Å². The summed E-state index contributed by atoms with van der Waals surface area (Å²) in [6.07, 6.45) is 0.719. The van der Waals surface area contributed by atoms with Gasteiger partial charge in [-0.05, 0) is 32.4 Å². The molecule has 0 radical (unpaired) electrons. The second kappa shape index (κ2) is 9.49. The zero-order valence-corrected chi connectivity index (χ0v) is 15.7. The Kier molecular flexibility index (Phi) is 7.08. The van der Waals surface area contributed by atoms with E-state index in [0.29, 0.717) is 43.5 Å². The van der Waals surface area contributed by atoms with Gasteiger partial charge in [0.15, 0.2) is 5.69 Å². The molecule has 10 nitrogen and oxygen atoms in total. The summed E-state index contributed by atoms with van der Waals surface area (Å²) in [5.41, 5.74) is 1.23. The fourth-order valence-corrected chi connectivity index (χ4v) is 2.91. The molecule has 0 aliphatic carbocycles. The van der Waals surface area contributed by atoms with Crippen LogP contribution in [0, 0.1) is 13.8 Å². The Morgan fingerprint density at radius 1 is 1.18 bits per heavy atom. The number of aromatic carboxylic acids is 1. The molecule has 3 heterocycles. The van der Waals surface area contributed by atoms with E-state index in [-0.39, 0.29) is 17.9 Å². The number of carboxylic acid groups (broad SMARTS) is 2. The van der Waals surface area contributed by atoms with Gasteiger partial charge >= 0.3 is 5.97 Å². The average Bonchev–Trinajstić information content (AvgIpc) is 2.94. The van der Waals surface area contributed by atoms with Crippen molar-refractivity contribution in [3.8, 4) is 0 Å². The Hall–Kier alpha value is -3.43. The van der Waals surface area contributed by atoms with Crippen LogP contribution >= 0.6 is 0 Å². The van der Waals surface area contributed by atoms with Crippen LogP contribution in [0.3, 0.4) is 0 Å². The first-order valence-corrected chi connectivity index (χ1v) is 8.63. The van der Waals surface area contributed by atoms with E-state index in [1.165, 1.54) is 0 Å². The van der Waals surface area contributed by atoms with Crippen molar-refractivity contribution in [2.45, 2.75) is 20.3 Å². The molecule has 0 atom stereocenters. The van der Waals surface area contributed by atoms with Gasteiger partial charge in [0.1, 0.15) is 17.1 Å². The van der Waals surface area contributed by atoms with Gasteiger partial charge < -0.3 is 24.5 Å². The number of carboxylic acids is 1. The quantitative estimate of drug-likeness (QED) is 0.746. The Bertz CT molecular complexity index is 850. The number of amides is 1. The molecule has 1 fully saturated rings. The molecule has 2 aromatic heterocycles. The van der Waals surface area contributed by atoms with Crippen molar-refractivity contribution in [3.63, 3.8) is 0 Å². The third-order valence-corrected chi connectivity index (χ3v) is 4.17. The monoisotopic (exact) mass is 390 g/mol. The summed E-state index contributed by atoms with van der Waals surface area (Å²) in [4.78, 5) is 40.4. The molecule has 1 aliphatic rings. The fourth-order valence-electron chi connectivity index (χ4n) is 2.91. The molecule has 0 aromatic carbocycles. The molecule has 2 aromatic rings. The lowest BCUT2D eigenvalue weighted by Crippen LogP contribution is -2.36. The fraction of sp³-hybridized carbons (Fsp3) is 0.389. The molecule has 1 saturated heterocycles. The van der Waals surface area contributed by atoms with Crippen molar-refractivity contribution in [1.29, 1.82) is 0 Å². The van der Waals surface area contributed by atoms with E-state index < -0.39 is 5.97 Å². The molecule has 0 unspecified atom stereocenters. The maximum Gasteiger partial charge on any atom is 0.339 e. The van der Waals surface area contributed by atoms with E-state index in [9.17, 15) is 14.7 Å². The van der Waals surface area contributed by atoms with Crippen molar-refractivity contribution in [3.05, 3.63) is 40.9 Å². The van der Waals surface area contributed by atoms with Crippen molar-refractivity contribution in [2.75, 3.05) is 31.1 Å². The number of carbonyl (C=O) groups excluding carboxylic acids is 1. The lowest BCUT2D eigenvalue weighted by molar-refractivity contribution is -0.122. The van der Waals surface area contributed by atoms with Gasteiger partial charge in [0, 0.05) is 37.9 Å². The number of hydrogen-bond donors (Lipinski definition) is 2.